The van der Waals surface area contributed by atoms with Crippen LogP contribution in [0, 0.1) is 12.8 Å². The third-order valence-electron chi connectivity index (χ3n) is 4.29. The van der Waals surface area contributed by atoms with E-state index in [0.29, 0.717) is 12.5 Å². The van der Waals surface area contributed by atoms with E-state index in [2.05, 4.69) is 34.4 Å². The monoisotopic (exact) mass is 292 g/mol. The van der Waals surface area contributed by atoms with Crippen molar-refractivity contribution in [1.82, 2.24) is 9.97 Å². The van der Waals surface area contributed by atoms with Crippen molar-refractivity contribution >= 4 is 11.8 Å². The van der Waals surface area contributed by atoms with Crippen LogP contribution in [-0.4, -0.2) is 33.8 Å². The standard InChI is InChI=1S/C16H28N4O/c1-4-9-17-15-18-10-13(3)14(20-15)19-11-16(21)7-5-12(2)6-8-16/h10,12,21H,4-9,11H2,1-3H3,(H2,17,18,19,20). The van der Waals surface area contributed by atoms with Crippen molar-refractivity contribution in [3.8, 4) is 0 Å². The van der Waals surface area contributed by atoms with Crippen LogP contribution in [0.1, 0.15) is 51.5 Å². The van der Waals surface area contributed by atoms with Gasteiger partial charge in [0.25, 0.3) is 0 Å². The van der Waals surface area contributed by atoms with E-state index in [1.54, 1.807) is 0 Å². The lowest BCUT2D eigenvalue weighted by molar-refractivity contribution is 0.00494. The highest BCUT2D eigenvalue weighted by Crippen LogP contribution is 2.32. The number of aliphatic hydroxyl groups is 1. The lowest BCUT2D eigenvalue weighted by Crippen LogP contribution is -2.40. The van der Waals surface area contributed by atoms with E-state index < -0.39 is 5.60 Å². The summed E-state index contributed by atoms with van der Waals surface area (Å²) in [6.45, 7) is 7.78. The molecule has 1 heterocycles. The Morgan fingerprint density at radius 1 is 1.33 bits per heavy atom. The van der Waals surface area contributed by atoms with Gasteiger partial charge >= 0.3 is 0 Å². The van der Waals surface area contributed by atoms with Crippen LogP contribution in [0.5, 0.6) is 0 Å². The van der Waals surface area contributed by atoms with Crippen molar-refractivity contribution in [3.63, 3.8) is 0 Å². The fraction of sp³-hybridized carbons (Fsp3) is 0.750. The highest BCUT2D eigenvalue weighted by atomic mass is 16.3. The maximum Gasteiger partial charge on any atom is 0.224 e. The minimum Gasteiger partial charge on any atom is -0.388 e. The summed E-state index contributed by atoms with van der Waals surface area (Å²) >= 11 is 0. The number of anilines is 2. The van der Waals surface area contributed by atoms with Gasteiger partial charge in [0, 0.05) is 24.8 Å². The normalized spacial score (nSPS) is 25.6. The molecule has 1 fully saturated rings. The van der Waals surface area contributed by atoms with Crippen LogP contribution < -0.4 is 10.6 Å². The molecule has 0 atom stereocenters. The van der Waals surface area contributed by atoms with Gasteiger partial charge in [-0.05, 0) is 44.9 Å². The van der Waals surface area contributed by atoms with Crippen LogP contribution in [0.3, 0.4) is 0 Å². The van der Waals surface area contributed by atoms with Gasteiger partial charge in [-0.2, -0.15) is 4.98 Å². The topological polar surface area (TPSA) is 70.1 Å². The van der Waals surface area contributed by atoms with E-state index in [1.165, 1.54) is 0 Å². The van der Waals surface area contributed by atoms with E-state index >= 15 is 0 Å². The maximum atomic E-state index is 10.6. The largest absolute Gasteiger partial charge is 0.388 e. The number of nitrogens with one attached hydrogen (secondary N) is 2. The van der Waals surface area contributed by atoms with Crippen LogP contribution in [0.25, 0.3) is 0 Å². The molecule has 0 saturated heterocycles. The molecule has 118 valence electrons. The van der Waals surface area contributed by atoms with Crippen molar-refractivity contribution in [2.75, 3.05) is 23.7 Å². The molecule has 3 N–H and O–H groups in total. The molecular formula is C16H28N4O. The van der Waals surface area contributed by atoms with Crippen molar-refractivity contribution in [2.24, 2.45) is 5.92 Å². The molecule has 0 radical (unpaired) electrons. The molecule has 2 rings (SSSR count). The second-order valence-corrected chi connectivity index (χ2v) is 6.41. The summed E-state index contributed by atoms with van der Waals surface area (Å²) in [5.41, 5.74) is 0.408. The Morgan fingerprint density at radius 3 is 2.71 bits per heavy atom. The van der Waals surface area contributed by atoms with Crippen LogP contribution in [0.15, 0.2) is 6.20 Å². The number of rotatable bonds is 6. The molecule has 1 aliphatic carbocycles. The number of aryl methyl sites for hydroxylation is 1. The molecule has 21 heavy (non-hydrogen) atoms. The average molecular weight is 292 g/mol. The summed E-state index contributed by atoms with van der Waals surface area (Å²) in [6, 6.07) is 0. The Labute approximate surface area is 127 Å². The summed E-state index contributed by atoms with van der Waals surface area (Å²) in [4.78, 5) is 8.77. The second-order valence-electron chi connectivity index (χ2n) is 6.41. The van der Waals surface area contributed by atoms with Crippen molar-refractivity contribution < 1.29 is 5.11 Å². The first-order chi connectivity index (χ1) is 10.0. The Balaban J connectivity index is 1.95. The highest BCUT2D eigenvalue weighted by Gasteiger charge is 2.31. The van der Waals surface area contributed by atoms with Crippen LogP contribution in [-0.2, 0) is 0 Å². The van der Waals surface area contributed by atoms with E-state index in [0.717, 1.165) is 55.9 Å². The third kappa shape index (κ3) is 4.56. The zero-order valence-corrected chi connectivity index (χ0v) is 13.4. The lowest BCUT2D eigenvalue weighted by Gasteiger charge is -2.35. The Hall–Kier alpha value is -1.36. The van der Waals surface area contributed by atoms with Crippen LogP contribution in [0.4, 0.5) is 11.8 Å². The van der Waals surface area contributed by atoms with Crippen molar-refractivity contribution in [1.29, 1.82) is 0 Å². The van der Waals surface area contributed by atoms with E-state index in [4.69, 9.17) is 0 Å². The summed E-state index contributed by atoms with van der Waals surface area (Å²) in [6.07, 6.45) is 6.80. The van der Waals surface area contributed by atoms with Gasteiger partial charge in [-0.15, -0.1) is 0 Å². The van der Waals surface area contributed by atoms with Gasteiger partial charge in [0.2, 0.25) is 5.95 Å². The SMILES string of the molecule is CCCNc1ncc(C)c(NCC2(O)CCC(C)CC2)n1. The van der Waals surface area contributed by atoms with E-state index in [1.807, 2.05) is 13.1 Å². The molecule has 0 spiro atoms. The average Bonchev–Trinajstić information content (AvgIpc) is 2.48. The van der Waals surface area contributed by atoms with Crippen LogP contribution >= 0.6 is 0 Å². The smallest absolute Gasteiger partial charge is 0.224 e. The van der Waals surface area contributed by atoms with Gasteiger partial charge in [-0.1, -0.05) is 13.8 Å². The van der Waals surface area contributed by atoms with Gasteiger partial charge in [-0.3, -0.25) is 0 Å². The lowest BCUT2D eigenvalue weighted by atomic mass is 9.79. The number of hydrogen-bond donors (Lipinski definition) is 3. The maximum absolute atomic E-state index is 10.6. The molecule has 1 aromatic rings. The number of nitrogens with zero attached hydrogens (tertiary/aromatic N) is 2. The predicted molar refractivity (Wildman–Crippen MR) is 86.6 cm³/mol. The molecule has 5 nitrogen and oxygen atoms in total. The first-order valence-corrected chi connectivity index (χ1v) is 8.06. The summed E-state index contributed by atoms with van der Waals surface area (Å²) in [5, 5.41) is 17.1. The highest BCUT2D eigenvalue weighted by molar-refractivity contribution is 5.46. The van der Waals surface area contributed by atoms with Gasteiger partial charge in [0.15, 0.2) is 0 Å². The molecule has 1 aromatic heterocycles. The fourth-order valence-electron chi connectivity index (χ4n) is 2.67. The van der Waals surface area contributed by atoms with Crippen molar-refractivity contribution in [2.45, 2.75) is 58.5 Å². The molecule has 1 aliphatic rings. The first-order valence-electron chi connectivity index (χ1n) is 8.06. The number of aromatic nitrogens is 2. The third-order valence-corrected chi connectivity index (χ3v) is 4.29. The Bertz CT molecular complexity index is 456. The molecule has 0 aromatic carbocycles. The minimum absolute atomic E-state index is 0.560. The van der Waals surface area contributed by atoms with Gasteiger partial charge in [-0.25, -0.2) is 4.98 Å². The van der Waals surface area contributed by atoms with E-state index in [-0.39, 0.29) is 0 Å². The predicted octanol–water partition coefficient (Wildman–Crippen LogP) is 2.96. The zero-order chi connectivity index (χ0) is 15.3. The number of hydrogen-bond acceptors (Lipinski definition) is 5. The molecule has 0 bridgehead atoms. The fourth-order valence-corrected chi connectivity index (χ4v) is 2.67. The van der Waals surface area contributed by atoms with Crippen molar-refractivity contribution in [3.05, 3.63) is 11.8 Å². The molecule has 0 amide bonds. The molecule has 0 aliphatic heterocycles. The van der Waals surface area contributed by atoms with Gasteiger partial charge < -0.3 is 15.7 Å². The second kappa shape index (κ2) is 7.07. The molecular weight excluding hydrogens is 264 g/mol. The van der Waals surface area contributed by atoms with Gasteiger partial charge in [0.1, 0.15) is 5.82 Å². The zero-order valence-electron chi connectivity index (χ0n) is 13.4. The molecule has 1 saturated carbocycles. The molecule has 5 heteroatoms. The first kappa shape index (κ1) is 16.0. The van der Waals surface area contributed by atoms with E-state index in [9.17, 15) is 5.11 Å². The summed E-state index contributed by atoms with van der Waals surface area (Å²) in [5.74, 6) is 2.20. The summed E-state index contributed by atoms with van der Waals surface area (Å²) < 4.78 is 0. The van der Waals surface area contributed by atoms with Crippen LogP contribution in [0.2, 0.25) is 0 Å². The Morgan fingerprint density at radius 2 is 2.05 bits per heavy atom. The quantitative estimate of drug-likeness (QED) is 0.752. The Kier molecular flexibility index (Phi) is 5.39. The summed E-state index contributed by atoms with van der Waals surface area (Å²) in [7, 11) is 0. The minimum atomic E-state index is -0.596. The molecule has 0 unspecified atom stereocenters. The van der Waals surface area contributed by atoms with Gasteiger partial charge in [0.05, 0.1) is 5.60 Å².